The van der Waals surface area contributed by atoms with Gasteiger partial charge in [0.15, 0.2) is 0 Å². The molecular formula is C22H19NO4S. The van der Waals surface area contributed by atoms with Crippen LogP contribution in [0.1, 0.15) is 22.7 Å². The van der Waals surface area contributed by atoms with E-state index in [0.29, 0.717) is 5.56 Å². The van der Waals surface area contributed by atoms with E-state index in [0.717, 1.165) is 17.2 Å². The van der Waals surface area contributed by atoms with Gasteiger partial charge in [0.25, 0.3) is 0 Å². The van der Waals surface area contributed by atoms with Gasteiger partial charge < -0.3 is 5.11 Å². The Balaban J connectivity index is 1.96. The molecule has 0 bridgehead atoms. The highest BCUT2D eigenvalue weighted by Gasteiger charge is 2.22. The molecular weight excluding hydrogens is 374 g/mol. The van der Waals surface area contributed by atoms with Crippen molar-refractivity contribution < 1.29 is 18.3 Å². The summed E-state index contributed by atoms with van der Waals surface area (Å²) < 4.78 is 28.8. The second-order valence-electron chi connectivity index (χ2n) is 6.12. The first kappa shape index (κ1) is 19.5. The van der Waals surface area contributed by atoms with Gasteiger partial charge in [-0.15, -0.1) is 0 Å². The Labute approximate surface area is 164 Å². The molecule has 0 aliphatic rings. The van der Waals surface area contributed by atoms with Gasteiger partial charge in [-0.1, -0.05) is 72.8 Å². The highest BCUT2D eigenvalue weighted by molar-refractivity contribution is 7.89. The normalized spacial score (nSPS) is 11.8. The van der Waals surface area contributed by atoms with Gasteiger partial charge in [0.1, 0.15) is 0 Å². The number of aliphatic carboxylic acids is 1. The number of hydrogen-bond donors (Lipinski definition) is 2. The molecule has 3 aromatic carbocycles. The minimum Gasteiger partial charge on any atom is -0.478 e. The third kappa shape index (κ3) is 4.94. The van der Waals surface area contributed by atoms with E-state index in [9.17, 15) is 13.2 Å². The molecule has 0 aliphatic heterocycles. The zero-order valence-corrected chi connectivity index (χ0v) is 15.7. The Hall–Kier alpha value is -3.22. The van der Waals surface area contributed by atoms with E-state index in [1.807, 2.05) is 60.7 Å². The summed E-state index contributed by atoms with van der Waals surface area (Å²) in [6.45, 7) is 0. The van der Waals surface area contributed by atoms with Crippen LogP contribution >= 0.6 is 0 Å². The zero-order chi connectivity index (χ0) is 20.0. The summed E-state index contributed by atoms with van der Waals surface area (Å²) in [6, 6.07) is 24.2. The van der Waals surface area contributed by atoms with E-state index in [-0.39, 0.29) is 4.90 Å². The van der Waals surface area contributed by atoms with Crippen LogP contribution in [-0.4, -0.2) is 19.5 Å². The second-order valence-corrected chi connectivity index (χ2v) is 7.83. The molecule has 0 aliphatic carbocycles. The molecule has 0 radical (unpaired) electrons. The fourth-order valence-corrected chi connectivity index (χ4v) is 4.06. The van der Waals surface area contributed by atoms with Crippen molar-refractivity contribution in [1.29, 1.82) is 0 Å². The first-order valence-electron chi connectivity index (χ1n) is 8.59. The molecule has 0 unspecified atom stereocenters. The molecule has 0 saturated heterocycles. The predicted octanol–water partition coefficient (Wildman–Crippen LogP) is 3.85. The molecule has 0 atom stereocenters. The molecule has 2 N–H and O–H groups in total. The van der Waals surface area contributed by atoms with E-state index < -0.39 is 22.0 Å². The number of hydrogen-bond acceptors (Lipinski definition) is 3. The van der Waals surface area contributed by atoms with Crippen LogP contribution in [0.3, 0.4) is 0 Å². The van der Waals surface area contributed by atoms with Crippen molar-refractivity contribution in [2.45, 2.75) is 10.9 Å². The Morgan fingerprint density at radius 1 is 0.857 bits per heavy atom. The molecule has 3 aromatic rings. The molecule has 28 heavy (non-hydrogen) atoms. The largest absolute Gasteiger partial charge is 0.478 e. The van der Waals surface area contributed by atoms with E-state index in [2.05, 4.69) is 4.72 Å². The maximum atomic E-state index is 13.0. The van der Waals surface area contributed by atoms with Crippen molar-refractivity contribution in [3.63, 3.8) is 0 Å². The number of rotatable bonds is 7. The number of carboxylic acids is 1. The average Bonchev–Trinajstić information content (AvgIpc) is 2.72. The molecule has 142 valence electrons. The quantitative estimate of drug-likeness (QED) is 0.597. The summed E-state index contributed by atoms with van der Waals surface area (Å²) in [7, 11) is -3.85. The van der Waals surface area contributed by atoms with Crippen LogP contribution in [0.4, 0.5) is 0 Å². The Morgan fingerprint density at radius 3 is 1.96 bits per heavy atom. The van der Waals surface area contributed by atoms with Crippen LogP contribution in [0.15, 0.2) is 95.9 Å². The van der Waals surface area contributed by atoms with Crippen molar-refractivity contribution >= 4 is 22.1 Å². The maximum absolute atomic E-state index is 13.0. The third-order valence-electron chi connectivity index (χ3n) is 4.13. The average molecular weight is 393 g/mol. The highest BCUT2D eigenvalue weighted by atomic mass is 32.2. The van der Waals surface area contributed by atoms with Gasteiger partial charge in [-0.3, -0.25) is 0 Å². The van der Waals surface area contributed by atoms with Gasteiger partial charge in [-0.2, -0.15) is 4.72 Å². The number of benzene rings is 3. The van der Waals surface area contributed by atoms with Crippen LogP contribution in [0, 0.1) is 0 Å². The minimum atomic E-state index is -3.85. The maximum Gasteiger partial charge on any atom is 0.328 e. The monoisotopic (exact) mass is 393 g/mol. The lowest BCUT2D eigenvalue weighted by Crippen LogP contribution is -2.29. The molecule has 3 rings (SSSR count). The Kier molecular flexibility index (Phi) is 6.03. The number of carboxylic acid groups (broad SMARTS) is 1. The molecule has 6 heteroatoms. The van der Waals surface area contributed by atoms with Crippen LogP contribution in [0.2, 0.25) is 0 Å². The number of carbonyl (C=O) groups is 1. The second kappa shape index (κ2) is 8.65. The Bertz CT molecular complexity index is 1040. The first-order valence-corrected chi connectivity index (χ1v) is 10.1. The minimum absolute atomic E-state index is 0.0666. The van der Waals surface area contributed by atoms with Crippen molar-refractivity contribution in [3.8, 4) is 0 Å². The Morgan fingerprint density at radius 2 is 1.43 bits per heavy atom. The van der Waals surface area contributed by atoms with Gasteiger partial charge in [0, 0.05) is 6.08 Å². The number of nitrogens with one attached hydrogen (secondary N) is 1. The standard InChI is InChI=1S/C22H19NO4S/c24-21(25)15-14-17-8-7-13-20(16-17)28(26,27)23-22(18-9-3-1-4-10-18)19-11-5-2-6-12-19/h1-16,22-23H,(H,24,25). The topological polar surface area (TPSA) is 83.5 Å². The summed E-state index contributed by atoms with van der Waals surface area (Å²) in [5.74, 6) is -1.10. The molecule has 0 aromatic heterocycles. The summed E-state index contributed by atoms with van der Waals surface area (Å²) in [5.41, 5.74) is 2.12. The molecule has 0 saturated carbocycles. The van der Waals surface area contributed by atoms with Crippen LogP contribution < -0.4 is 4.72 Å². The van der Waals surface area contributed by atoms with Gasteiger partial charge in [0.05, 0.1) is 10.9 Å². The summed E-state index contributed by atoms with van der Waals surface area (Å²) in [6.07, 6.45) is 2.32. The van der Waals surface area contributed by atoms with E-state index in [4.69, 9.17) is 5.11 Å². The van der Waals surface area contributed by atoms with E-state index >= 15 is 0 Å². The van der Waals surface area contributed by atoms with E-state index in [1.165, 1.54) is 18.2 Å². The lowest BCUT2D eigenvalue weighted by molar-refractivity contribution is -0.131. The molecule has 5 nitrogen and oxygen atoms in total. The number of sulfonamides is 1. The van der Waals surface area contributed by atoms with Crippen molar-refractivity contribution in [3.05, 3.63) is 108 Å². The van der Waals surface area contributed by atoms with Crippen LogP contribution in [-0.2, 0) is 14.8 Å². The fourth-order valence-electron chi connectivity index (χ4n) is 2.80. The highest BCUT2D eigenvalue weighted by Crippen LogP contribution is 2.25. The lowest BCUT2D eigenvalue weighted by Gasteiger charge is -2.20. The smallest absolute Gasteiger partial charge is 0.328 e. The zero-order valence-electron chi connectivity index (χ0n) is 14.9. The van der Waals surface area contributed by atoms with Gasteiger partial charge in [-0.25, -0.2) is 13.2 Å². The summed E-state index contributed by atoms with van der Waals surface area (Å²) in [4.78, 5) is 10.8. The van der Waals surface area contributed by atoms with E-state index in [1.54, 1.807) is 12.1 Å². The van der Waals surface area contributed by atoms with Crippen molar-refractivity contribution in [2.24, 2.45) is 0 Å². The first-order chi connectivity index (χ1) is 13.5. The van der Waals surface area contributed by atoms with Crippen LogP contribution in [0.5, 0.6) is 0 Å². The molecule has 0 heterocycles. The van der Waals surface area contributed by atoms with Crippen LogP contribution in [0.25, 0.3) is 6.08 Å². The molecule has 0 amide bonds. The summed E-state index contributed by atoms with van der Waals surface area (Å²) >= 11 is 0. The molecule has 0 fully saturated rings. The molecule has 0 spiro atoms. The predicted molar refractivity (Wildman–Crippen MR) is 108 cm³/mol. The third-order valence-corrected chi connectivity index (χ3v) is 5.55. The van der Waals surface area contributed by atoms with Gasteiger partial charge in [0.2, 0.25) is 10.0 Å². The SMILES string of the molecule is O=C(O)C=Cc1cccc(S(=O)(=O)NC(c2ccccc2)c2ccccc2)c1. The van der Waals surface area contributed by atoms with Gasteiger partial charge >= 0.3 is 5.97 Å². The van der Waals surface area contributed by atoms with Crippen molar-refractivity contribution in [2.75, 3.05) is 0 Å². The fraction of sp³-hybridized carbons (Fsp3) is 0.0455. The van der Waals surface area contributed by atoms with Gasteiger partial charge in [-0.05, 0) is 34.9 Å². The lowest BCUT2D eigenvalue weighted by atomic mass is 10.00. The summed E-state index contributed by atoms with van der Waals surface area (Å²) in [5, 5.41) is 8.76. The van der Waals surface area contributed by atoms with Crippen molar-refractivity contribution in [1.82, 2.24) is 4.72 Å².